The number of nitrogens with zero attached hydrogens (tertiary/aromatic N) is 4. The van der Waals surface area contributed by atoms with Crippen LogP contribution in [0.5, 0.6) is 0 Å². The number of carbonyl (C=O) groups is 1. The highest BCUT2D eigenvalue weighted by Gasteiger charge is 2.20. The Hall–Kier alpha value is -2.90. The normalized spacial score (nSPS) is 14.8. The van der Waals surface area contributed by atoms with Crippen LogP contribution in [0.3, 0.4) is 0 Å². The van der Waals surface area contributed by atoms with Gasteiger partial charge in [-0.05, 0) is 49.7 Å². The number of benzene rings is 1. The van der Waals surface area contributed by atoms with Gasteiger partial charge in [-0.3, -0.25) is 9.69 Å². The molecule has 1 aliphatic heterocycles. The van der Waals surface area contributed by atoms with Gasteiger partial charge in [0.05, 0.1) is 25.1 Å². The number of amides is 1. The Bertz CT molecular complexity index is 942. The van der Waals surface area contributed by atoms with Crippen molar-refractivity contribution in [2.24, 2.45) is 0 Å². The second kappa shape index (κ2) is 9.07. The second-order valence-electron chi connectivity index (χ2n) is 7.29. The number of aryl methyl sites for hydroxylation is 1. The molecule has 1 saturated heterocycles. The number of rotatable bonds is 7. The number of nitrogens with one attached hydrogen (secondary N) is 1. The number of hydrogen-bond donors (Lipinski definition) is 1. The molecule has 7 nitrogen and oxygen atoms in total. The summed E-state index contributed by atoms with van der Waals surface area (Å²) in [7, 11) is 0. The van der Waals surface area contributed by atoms with E-state index in [4.69, 9.17) is 4.74 Å². The van der Waals surface area contributed by atoms with Crippen molar-refractivity contribution >= 4 is 5.91 Å². The lowest BCUT2D eigenvalue weighted by molar-refractivity contribution is 0.0374. The zero-order valence-electron chi connectivity index (χ0n) is 16.8. The largest absolute Gasteiger partial charge is 0.379 e. The van der Waals surface area contributed by atoms with Gasteiger partial charge in [-0.15, -0.1) is 0 Å². The molecule has 3 aromatic rings. The van der Waals surface area contributed by atoms with Crippen molar-refractivity contribution in [3.05, 3.63) is 66.1 Å². The third kappa shape index (κ3) is 4.58. The molecule has 0 atom stereocenters. The van der Waals surface area contributed by atoms with Crippen molar-refractivity contribution in [1.29, 1.82) is 0 Å². The molecule has 7 heteroatoms. The third-order valence-corrected chi connectivity index (χ3v) is 5.12. The molecule has 1 aliphatic rings. The second-order valence-corrected chi connectivity index (χ2v) is 7.29. The van der Waals surface area contributed by atoms with Gasteiger partial charge in [-0.25, -0.2) is 4.68 Å². The smallest absolute Gasteiger partial charge is 0.256 e. The van der Waals surface area contributed by atoms with Crippen LogP contribution in [0.1, 0.15) is 22.3 Å². The summed E-state index contributed by atoms with van der Waals surface area (Å²) in [6.07, 6.45) is 6.42. The molecule has 29 heavy (non-hydrogen) atoms. The lowest BCUT2D eigenvalue weighted by atomic mass is 10.2. The van der Waals surface area contributed by atoms with Crippen molar-refractivity contribution in [2.75, 3.05) is 39.4 Å². The Morgan fingerprint density at radius 2 is 1.97 bits per heavy atom. The van der Waals surface area contributed by atoms with Gasteiger partial charge in [0.25, 0.3) is 5.91 Å². The summed E-state index contributed by atoms with van der Waals surface area (Å²) < 4.78 is 9.12. The summed E-state index contributed by atoms with van der Waals surface area (Å²) >= 11 is 0. The molecule has 0 radical (unpaired) electrons. The lowest BCUT2D eigenvalue weighted by Gasteiger charge is -2.26. The van der Waals surface area contributed by atoms with Crippen LogP contribution in [0.2, 0.25) is 0 Å². The summed E-state index contributed by atoms with van der Waals surface area (Å²) in [5.41, 5.74) is 2.64. The molecule has 1 aromatic carbocycles. The zero-order chi connectivity index (χ0) is 20.1. The first-order valence-corrected chi connectivity index (χ1v) is 10.1. The summed E-state index contributed by atoms with van der Waals surface area (Å²) in [4.78, 5) is 15.3. The Balaban J connectivity index is 1.48. The summed E-state index contributed by atoms with van der Waals surface area (Å²) in [5, 5.41) is 7.57. The van der Waals surface area contributed by atoms with E-state index in [1.54, 1.807) is 6.20 Å². The van der Waals surface area contributed by atoms with Gasteiger partial charge in [0.1, 0.15) is 5.56 Å². The summed E-state index contributed by atoms with van der Waals surface area (Å²) in [6, 6.07) is 12.0. The molecule has 152 valence electrons. The maximum absolute atomic E-state index is 12.9. The highest BCUT2D eigenvalue weighted by atomic mass is 16.5. The van der Waals surface area contributed by atoms with Crippen LogP contribution in [0.15, 0.2) is 55.0 Å². The average Bonchev–Trinajstić information content (AvgIpc) is 3.41. The van der Waals surface area contributed by atoms with E-state index in [-0.39, 0.29) is 5.91 Å². The quantitative estimate of drug-likeness (QED) is 0.626. The van der Waals surface area contributed by atoms with Crippen LogP contribution in [-0.2, 0) is 4.74 Å². The number of aromatic nitrogens is 3. The van der Waals surface area contributed by atoms with E-state index in [9.17, 15) is 4.79 Å². The van der Waals surface area contributed by atoms with E-state index in [0.717, 1.165) is 56.3 Å². The van der Waals surface area contributed by atoms with Crippen LogP contribution in [0.4, 0.5) is 0 Å². The zero-order valence-corrected chi connectivity index (χ0v) is 16.8. The fraction of sp³-hybridized carbons (Fsp3) is 0.364. The standard InChI is InChI=1S/C22H27N5O2/c1-18-6-4-7-19(16-18)27-22(26-10-2-3-11-26)20(17-24-27)21(28)23-8-5-9-25-12-14-29-15-13-25/h2-4,6-7,10-11,16-17H,5,8-9,12-15H2,1H3,(H,23,28). The molecule has 0 saturated carbocycles. The summed E-state index contributed by atoms with van der Waals surface area (Å²) in [6.45, 7) is 7.18. The van der Waals surface area contributed by atoms with Gasteiger partial charge in [-0.2, -0.15) is 5.10 Å². The Kier molecular flexibility index (Phi) is 6.07. The van der Waals surface area contributed by atoms with Gasteiger partial charge in [0, 0.05) is 32.0 Å². The van der Waals surface area contributed by atoms with Crippen molar-refractivity contribution in [3.63, 3.8) is 0 Å². The fourth-order valence-electron chi connectivity index (χ4n) is 3.60. The predicted molar refractivity (Wildman–Crippen MR) is 112 cm³/mol. The topological polar surface area (TPSA) is 64.3 Å². The van der Waals surface area contributed by atoms with E-state index < -0.39 is 0 Å². The minimum atomic E-state index is -0.102. The van der Waals surface area contributed by atoms with Gasteiger partial charge in [0.2, 0.25) is 0 Å². The molecule has 0 aliphatic carbocycles. The molecule has 1 amide bonds. The fourth-order valence-corrected chi connectivity index (χ4v) is 3.60. The lowest BCUT2D eigenvalue weighted by Crippen LogP contribution is -2.38. The first-order valence-electron chi connectivity index (χ1n) is 10.1. The van der Waals surface area contributed by atoms with Crippen molar-refractivity contribution in [2.45, 2.75) is 13.3 Å². The maximum Gasteiger partial charge on any atom is 0.256 e. The van der Waals surface area contributed by atoms with E-state index in [1.165, 1.54) is 0 Å². The molecule has 1 N–H and O–H groups in total. The molecular formula is C22H27N5O2. The van der Waals surface area contributed by atoms with Crippen molar-refractivity contribution in [1.82, 2.24) is 24.6 Å². The first-order chi connectivity index (χ1) is 14.2. The van der Waals surface area contributed by atoms with Gasteiger partial charge in [0.15, 0.2) is 5.82 Å². The van der Waals surface area contributed by atoms with Crippen LogP contribution in [0.25, 0.3) is 11.5 Å². The van der Waals surface area contributed by atoms with Gasteiger partial charge in [-0.1, -0.05) is 12.1 Å². The number of hydrogen-bond acceptors (Lipinski definition) is 4. The highest BCUT2D eigenvalue weighted by molar-refractivity contribution is 5.97. The van der Waals surface area contributed by atoms with Gasteiger partial charge < -0.3 is 14.6 Å². The predicted octanol–water partition coefficient (Wildman–Crippen LogP) is 2.42. The molecule has 2 aromatic heterocycles. The minimum Gasteiger partial charge on any atom is -0.379 e. The van der Waals surface area contributed by atoms with E-state index in [2.05, 4.69) is 21.4 Å². The van der Waals surface area contributed by atoms with E-state index >= 15 is 0 Å². The van der Waals surface area contributed by atoms with Crippen molar-refractivity contribution in [3.8, 4) is 11.5 Å². The Labute approximate surface area is 170 Å². The average molecular weight is 393 g/mol. The Morgan fingerprint density at radius 1 is 1.17 bits per heavy atom. The highest BCUT2D eigenvalue weighted by Crippen LogP contribution is 2.20. The van der Waals surface area contributed by atoms with Crippen LogP contribution in [0, 0.1) is 6.92 Å². The molecule has 3 heterocycles. The molecular weight excluding hydrogens is 366 g/mol. The monoisotopic (exact) mass is 393 g/mol. The molecule has 0 bridgehead atoms. The van der Waals surface area contributed by atoms with E-state index in [0.29, 0.717) is 12.1 Å². The van der Waals surface area contributed by atoms with Crippen molar-refractivity contribution < 1.29 is 9.53 Å². The van der Waals surface area contributed by atoms with Crippen LogP contribution in [-0.4, -0.2) is 64.5 Å². The van der Waals surface area contributed by atoms with E-state index in [1.807, 2.05) is 58.9 Å². The van der Waals surface area contributed by atoms with Gasteiger partial charge >= 0.3 is 0 Å². The first kappa shape index (κ1) is 19.4. The number of carbonyl (C=O) groups excluding carboxylic acids is 1. The van der Waals surface area contributed by atoms with Crippen LogP contribution < -0.4 is 5.32 Å². The molecule has 1 fully saturated rings. The number of morpholine rings is 1. The maximum atomic E-state index is 12.9. The molecule has 0 unspecified atom stereocenters. The Morgan fingerprint density at radius 3 is 2.72 bits per heavy atom. The van der Waals surface area contributed by atoms with Crippen LogP contribution >= 0.6 is 0 Å². The third-order valence-electron chi connectivity index (χ3n) is 5.12. The SMILES string of the molecule is Cc1cccc(-n2ncc(C(=O)NCCCN3CCOCC3)c2-n2cccc2)c1. The summed E-state index contributed by atoms with van der Waals surface area (Å²) in [5.74, 6) is 0.640. The minimum absolute atomic E-state index is 0.102. The number of ether oxygens (including phenoxy) is 1. The molecule has 0 spiro atoms. The molecule has 4 rings (SSSR count).